The highest BCUT2D eigenvalue weighted by Gasteiger charge is 2.34. The molecule has 118 valence electrons. The third-order valence-electron chi connectivity index (χ3n) is 4.87. The maximum absolute atomic E-state index is 12.3. The molecular weight excluding hydrogens is 265 g/mol. The summed E-state index contributed by atoms with van der Waals surface area (Å²) in [5.41, 5.74) is 0. The summed E-state index contributed by atoms with van der Waals surface area (Å²) in [5, 5.41) is 3.61. The van der Waals surface area contributed by atoms with Crippen molar-refractivity contribution in [1.29, 1.82) is 0 Å². The first-order chi connectivity index (χ1) is 9.33. The molecule has 0 amide bonds. The highest BCUT2D eigenvalue weighted by molar-refractivity contribution is 4.84. The number of hydrogen-bond donors (Lipinski definition) is 1. The maximum Gasteiger partial charge on any atom is 0.401 e. The van der Waals surface area contributed by atoms with Crippen LogP contribution in [0.5, 0.6) is 0 Å². The second-order valence-electron chi connectivity index (χ2n) is 6.92. The fraction of sp³-hybridized carbons (Fsp3) is 1.00. The molecule has 5 heteroatoms. The van der Waals surface area contributed by atoms with E-state index in [2.05, 4.69) is 19.2 Å². The van der Waals surface area contributed by atoms with E-state index in [1.54, 1.807) is 4.90 Å². The number of nitrogens with zero attached hydrogens (tertiary/aromatic N) is 1. The molecule has 0 aromatic heterocycles. The van der Waals surface area contributed by atoms with Gasteiger partial charge in [-0.25, -0.2) is 0 Å². The van der Waals surface area contributed by atoms with E-state index in [1.807, 2.05) is 0 Å². The van der Waals surface area contributed by atoms with E-state index >= 15 is 0 Å². The fourth-order valence-electron chi connectivity index (χ4n) is 3.76. The van der Waals surface area contributed by atoms with Crippen molar-refractivity contribution in [3.05, 3.63) is 0 Å². The first-order valence-electron chi connectivity index (χ1n) is 7.86. The summed E-state index contributed by atoms with van der Waals surface area (Å²) in [5.74, 6) is 1.88. The molecule has 0 aromatic rings. The van der Waals surface area contributed by atoms with Crippen LogP contribution >= 0.6 is 0 Å². The van der Waals surface area contributed by atoms with Crippen molar-refractivity contribution in [3.63, 3.8) is 0 Å². The number of hydrogen-bond acceptors (Lipinski definition) is 2. The Morgan fingerprint density at radius 2 is 1.90 bits per heavy atom. The van der Waals surface area contributed by atoms with E-state index in [0.717, 1.165) is 18.9 Å². The highest BCUT2D eigenvalue weighted by atomic mass is 19.4. The van der Waals surface area contributed by atoms with Gasteiger partial charge in [-0.1, -0.05) is 13.8 Å². The quantitative estimate of drug-likeness (QED) is 0.855. The van der Waals surface area contributed by atoms with Crippen molar-refractivity contribution in [2.45, 2.75) is 51.7 Å². The second kappa shape index (κ2) is 6.65. The lowest BCUT2D eigenvalue weighted by molar-refractivity contribution is -0.143. The van der Waals surface area contributed by atoms with Crippen LogP contribution in [0.3, 0.4) is 0 Å². The fourth-order valence-corrected chi connectivity index (χ4v) is 3.76. The molecule has 20 heavy (non-hydrogen) atoms. The monoisotopic (exact) mass is 292 g/mol. The van der Waals surface area contributed by atoms with Gasteiger partial charge in [-0.15, -0.1) is 0 Å². The van der Waals surface area contributed by atoms with E-state index in [4.69, 9.17) is 0 Å². The van der Waals surface area contributed by atoms with Gasteiger partial charge in [-0.2, -0.15) is 13.2 Å². The van der Waals surface area contributed by atoms with Gasteiger partial charge < -0.3 is 5.32 Å². The topological polar surface area (TPSA) is 15.3 Å². The molecule has 2 nitrogen and oxygen atoms in total. The first-order valence-corrected chi connectivity index (χ1v) is 7.86. The smallest absolute Gasteiger partial charge is 0.313 e. The van der Waals surface area contributed by atoms with E-state index in [1.165, 1.54) is 19.3 Å². The van der Waals surface area contributed by atoms with E-state index < -0.39 is 12.7 Å². The van der Waals surface area contributed by atoms with Crippen molar-refractivity contribution in [3.8, 4) is 0 Å². The van der Waals surface area contributed by atoms with Crippen LogP contribution in [0.4, 0.5) is 13.2 Å². The Morgan fingerprint density at radius 3 is 2.55 bits per heavy atom. The van der Waals surface area contributed by atoms with E-state index in [0.29, 0.717) is 31.0 Å². The molecule has 4 unspecified atom stereocenters. The minimum Gasteiger partial charge on any atom is -0.313 e. The molecule has 2 fully saturated rings. The molecule has 0 spiro atoms. The standard InChI is InChI=1S/C15H27F3N2/c1-11-3-4-14(12(2)7-11)19-8-13-5-6-20(9-13)10-15(16,17)18/h11-14,19H,3-10H2,1-2H3. The van der Waals surface area contributed by atoms with Gasteiger partial charge in [0.2, 0.25) is 0 Å². The molecule has 2 aliphatic rings. The molecule has 0 aromatic carbocycles. The molecule has 0 bridgehead atoms. The Balaban J connectivity index is 1.68. The van der Waals surface area contributed by atoms with Crippen LogP contribution in [0.15, 0.2) is 0 Å². The molecule has 2 rings (SSSR count). The van der Waals surface area contributed by atoms with Gasteiger partial charge in [0.1, 0.15) is 0 Å². The Kier molecular flexibility index (Phi) is 5.35. The maximum atomic E-state index is 12.3. The van der Waals surface area contributed by atoms with Crippen LogP contribution in [0.2, 0.25) is 0 Å². The molecule has 1 aliphatic carbocycles. The SMILES string of the molecule is CC1CCC(NCC2CCN(CC(F)(F)F)C2)C(C)C1. The lowest BCUT2D eigenvalue weighted by Crippen LogP contribution is -2.42. The summed E-state index contributed by atoms with van der Waals surface area (Å²) in [6, 6.07) is 0.558. The molecule has 1 saturated carbocycles. The van der Waals surface area contributed by atoms with Crippen LogP contribution in [0.25, 0.3) is 0 Å². The number of likely N-dealkylation sites (tertiary alicyclic amines) is 1. The molecular formula is C15H27F3N2. The Bertz CT molecular complexity index is 306. The van der Waals surface area contributed by atoms with Gasteiger partial charge in [0.05, 0.1) is 6.54 Å². The Labute approximate surface area is 120 Å². The summed E-state index contributed by atoms with van der Waals surface area (Å²) >= 11 is 0. The lowest BCUT2D eigenvalue weighted by Gasteiger charge is -2.34. The first kappa shape index (κ1) is 16.1. The van der Waals surface area contributed by atoms with Gasteiger partial charge in [0, 0.05) is 12.6 Å². The van der Waals surface area contributed by atoms with Gasteiger partial charge in [0.25, 0.3) is 0 Å². The predicted octanol–water partition coefficient (Wildman–Crippen LogP) is 3.28. The molecule has 1 saturated heterocycles. The van der Waals surface area contributed by atoms with Crippen LogP contribution in [-0.2, 0) is 0 Å². The average molecular weight is 292 g/mol. The second-order valence-corrected chi connectivity index (χ2v) is 6.92. The van der Waals surface area contributed by atoms with Crippen LogP contribution in [0, 0.1) is 17.8 Å². The Morgan fingerprint density at radius 1 is 1.15 bits per heavy atom. The summed E-state index contributed by atoms with van der Waals surface area (Å²) in [7, 11) is 0. The Hall–Kier alpha value is -0.290. The average Bonchev–Trinajstić information content (AvgIpc) is 2.73. The number of rotatable bonds is 4. The lowest BCUT2D eigenvalue weighted by atomic mass is 9.80. The zero-order valence-corrected chi connectivity index (χ0v) is 12.5. The number of halogens is 3. The molecule has 1 heterocycles. The molecule has 4 atom stereocenters. The van der Waals surface area contributed by atoms with Gasteiger partial charge in [0.15, 0.2) is 0 Å². The number of alkyl halides is 3. The summed E-state index contributed by atoms with van der Waals surface area (Å²) in [4.78, 5) is 1.54. The van der Waals surface area contributed by atoms with Crippen LogP contribution in [-0.4, -0.2) is 43.3 Å². The predicted molar refractivity (Wildman–Crippen MR) is 74.6 cm³/mol. The summed E-state index contributed by atoms with van der Waals surface area (Å²) < 4.78 is 37.0. The van der Waals surface area contributed by atoms with E-state index in [-0.39, 0.29) is 0 Å². The third kappa shape index (κ3) is 4.92. The van der Waals surface area contributed by atoms with Gasteiger partial charge in [-0.05, 0) is 56.5 Å². The normalized spacial score (nSPS) is 36.5. The summed E-state index contributed by atoms with van der Waals surface area (Å²) in [6.07, 6.45) is 0.577. The minimum atomic E-state index is -4.06. The van der Waals surface area contributed by atoms with E-state index in [9.17, 15) is 13.2 Å². The highest BCUT2D eigenvalue weighted by Crippen LogP contribution is 2.29. The molecule has 0 radical (unpaired) electrons. The van der Waals surface area contributed by atoms with Gasteiger partial charge >= 0.3 is 6.18 Å². The van der Waals surface area contributed by atoms with Crippen molar-refractivity contribution >= 4 is 0 Å². The zero-order chi connectivity index (χ0) is 14.8. The van der Waals surface area contributed by atoms with Crippen molar-refractivity contribution < 1.29 is 13.2 Å². The molecule has 1 aliphatic heterocycles. The largest absolute Gasteiger partial charge is 0.401 e. The van der Waals surface area contributed by atoms with Crippen LogP contribution < -0.4 is 5.32 Å². The van der Waals surface area contributed by atoms with Crippen molar-refractivity contribution in [1.82, 2.24) is 10.2 Å². The van der Waals surface area contributed by atoms with Crippen molar-refractivity contribution in [2.75, 3.05) is 26.2 Å². The third-order valence-corrected chi connectivity index (χ3v) is 4.87. The van der Waals surface area contributed by atoms with Crippen LogP contribution in [0.1, 0.15) is 39.5 Å². The number of nitrogens with one attached hydrogen (secondary N) is 1. The van der Waals surface area contributed by atoms with Crippen molar-refractivity contribution in [2.24, 2.45) is 17.8 Å². The van der Waals surface area contributed by atoms with Gasteiger partial charge in [-0.3, -0.25) is 4.90 Å². The summed E-state index contributed by atoms with van der Waals surface area (Å²) in [6.45, 7) is 5.89. The zero-order valence-electron chi connectivity index (χ0n) is 12.5. The molecule has 1 N–H and O–H groups in total. The minimum absolute atomic E-state index is 0.379.